The fraction of sp³-hybridized carbons (Fsp3) is 0.118. The van der Waals surface area contributed by atoms with Gasteiger partial charge < -0.3 is 10.1 Å². The molecule has 115 valence electrons. The molecule has 2 aromatic rings. The predicted molar refractivity (Wildman–Crippen MR) is 81.8 cm³/mol. The third kappa shape index (κ3) is 7.49. The number of carbonyl (C=O) groups is 1. The van der Waals surface area contributed by atoms with Crippen molar-refractivity contribution in [2.75, 3.05) is 0 Å². The Morgan fingerprint density at radius 1 is 1.36 bits per heavy atom. The van der Waals surface area contributed by atoms with Crippen LogP contribution in [0.15, 0.2) is 54.4 Å². The van der Waals surface area contributed by atoms with Crippen LogP contribution in [0.3, 0.4) is 0 Å². The molecule has 0 bridgehead atoms. The van der Waals surface area contributed by atoms with Gasteiger partial charge in [0, 0.05) is 32.4 Å². The number of carbonyl (C=O) groups excluding carboxylic acids is 1. The second-order valence-corrected chi connectivity index (χ2v) is 4.18. The van der Waals surface area contributed by atoms with Crippen LogP contribution >= 0.6 is 0 Å². The van der Waals surface area contributed by atoms with Crippen molar-refractivity contribution in [3.8, 4) is 11.3 Å². The first-order valence-electron chi connectivity index (χ1n) is 6.21. The van der Waals surface area contributed by atoms with E-state index in [9.17, 15) is 4.79 Å². The number of benzene rings is 1. The van der Waals surface area contributed by atoms with Gasteiger partial charge in [-0.25, -0.2) is 0 Å². The smallest absolute Gasteiger partial charge is 0.155 e. The zero-order valence-corrected chi connectivity index (χ0v) is 14.6. The van der Waals surface area contributed by atoms with Crippen LogP contribution in [0.25, 0.3) is 16.1 Å². The molecule has 22 heavy (non-hydrogen) atoms. The average molecular weight is 472 g/mol. The minimum Gasteiger partial charge on any atom is -0.512 e. The second-order valence-electron chi connectivity index (χ2n) is 4.18. The van der Waals surface area contributed by atoms with Crippen LogP contribution in [0.5, 0.6) is 0 Å². The van der Waals surface area contributed by atoms with Gasteiger partial charge in [-0.1, -0.05) is 12.1 Å². The van der Waals surface area contributed by atoms with Crippen molar-refractivity contribution >= 4 is 11.5 Å². The minimum atomic E-state index is -0.125. The van der Waals surface area contributed by atoms with E-state index in [0.29, 0.717) is 5.69 Å². The monoisotopic (exact) mass is 472 g/mol. The number of allylic oxidation sites excluding steroid dienone is 2. The summed E-state index contributed by atoms with van der Waals surface area (Å²) in [6, 6.07) is 14.0. The molecule has 0 amide bonds. The van der Waals surface area contributed by atoms with Crippen LogP contribution in [0, 0.1) is 12.6 Å². The number of hydrogen-bond acceptors (Lipinski definition) is 3. The number of aliphatic hydroxyl groups excluding tert-OH is 1. The first-order valence-corrected chi connectivity index (χ1v) is 6.21. The van der Waals surface area contributed by atoms with Crippen LogP contribution < -0.4 is 0 Å². The summed E-state index contributed by atoms with van der Waals surface area (Å²) in [6.45, 7) is 9.74. The van der Waals surface area contributed by atoms with Crippen molar-refractivity contribution in [2.24, 2.45) is 0 Å². The molecule has 0 saturated heterocycles. The van der Waals surface area contributed by atoms with E-state index in [2.05, 4.69) is 15.9 Å². The van der Waals surface area contributed by atoms with Crippen molar-refractivity contribution in [3.05, 3.63) is 71.9 Å². The van der Waals surface area contributed by atoms with E-state index < -0.39 is 0 Å². The molecule has 4 nitrogen and oxygen atoms in total. The van der Waals surface area contributed by atoms with Gasteiger partial charge in [-0.2, -0.15) is 6.07 Å². The molecule has 1 aromatic carbocycles. The SMILES string of the molecule is CC(=O)/C=C(/C)O.[C-]#[N+]c1cc[c-]c(-c2ccccn2)c1.[Ir]. The predicted octanol–water partition coefficient (Wildman–Crippen LogP) is 4.13. The Morgan fingerprint density at radius 2 is 2.09 bits per heavy atom. The molecule has 0 atom stereocenters. The number of aliphatic hydroxyl groups is 1. The minimum absolute atomic E-state index is 0. The van der Waals surface area contributed by atoms with E-state index >= 15 is 0 Å². The summed E-state index contributed by atoms with van der Waals surface area (Å²) in [5.41, 5.74) is 2.32. The maximum Gasteiger partial charge on any atom is 0.155 e. The van der Waals surface area contributed by atoms with Crippen molar-refractivity contribution in [2.45, 2.75) is 13.8 Å². The number of pyridine rings is 1. The molecule has 1 radical (unpaired) electrons. The van der Waals surface area contributed by atoms with E-state index in [0.717, 1.165) is 11.3 Å². The fourth-order valence-corrected chi connectivity index (χ4v) is 1.49. The standard InChI is InChI=1S/C12H7N2.C5H8O2.Ir/c1-13-11-6-4-5-10(9-11)12-7-2-3-8-14-12;1-4(6)3-5(2)7;/h2-4,6-9H;3,6H,1-2H3;/q-1;;/b;4-3-;. The van der Waals surface area contributed by atoms with Crippen molar-refractivity contribution in [3.63, 3.8) is 0 Å². The quantitative estimate of drug-likeness (QED) is 0.407. The van der Waals surface area contributed by atoms with Gasteiger partial charge in [0.25, 0.3) is 0 Å². The molecule has 0 fully saturated rings. The summed E-state index contributed by atoms with van der Waals surface area (Å²) in [7, 11) is 0. The van der Waals surface area contributed by atoms with Crippen LogP contribution in [0.2, 0.25) is 0 Å². The number of rotatable bonds is 2. The van der Waals surface area contributed by atoms with Gasteiger partial charge in [0.2, 0.25) is 0 Å². The molecule has 0 saturated carbocycles. The molecule has 0 aliphatic carbocycles. The Labute approximate surface area is 143 Å². The van der Waals surface area contributed by atoms with E-state index in [4.69, 9.17) is 11.7 Å². The zero-order chi connectivity index (χ0) is 15.7. The molecule has 0 aliphatic heterocycles. The van der Waals surface area contributed by atoms with Crippen LogP contribution in [-0.4, -0.2) is 15.9 Å². The first-order chi connectivity index (χ1) is 10.0. The Hall–Kier alpha value is -2.28. The largest absolute Gasteiger partial charge is 0.512 e. The summed E-state index contributed by atoms with van der Waals surface area (Å²) in [5, 5.41) is 8.36. The summed E-state index contributed by atoms with van der Waals surface area (Å²) >= 11 is 0. The van der Waals surface area contributed by atoms with E-state index in [1.165, 1.54) is 19.9 Å². The first kappa shape index (κ1) is 19.7. The van der Waals surface area contributed by atoms with Crippen molar-refractivity contribution < 1.29 is 30.0 Å². The molecule has 1 N–H and O–H groups in total. The number of hydrogen-bond donors (Lipinski definition) is 1. The van der Waals surface area contributed by atoms with Gasteiger partial charge in [-0.3, -0.25) is 9.64 Å². The Bertz CT molecular complexity index is 673. The molecule has 0 unspecified atom stereocenters. The molecular weight excluding hydrogens is 456 g/mol. The van der Waals surface area contributed by atoms with Gasteiger partial charge in [0.1, 0.15) is 5.69 Å². The second kappa shape index (κ2) is 10.4. The topological polar surface area (TPSA) is 54.5 Å². The number of aromatic nitrogens is 1. The zero-order valence-electron chi connectivity index (χ0n) is 12.2. The number of nitrogens with zero attached hydrogens (tertiary/aromatic N) is 2. The summed E-state index contributed by atoms with van der Waals surface area (Å²) in [5.74, 6) is -0.0625. The van der Waals surface area contributed by atoms with Gasteiger partial charge in [0.05, 0.1) is 12.3 Å². The molecule has 5 heteroatoms. The van der Waals surface area contributed by atoms with Gasteiger partial charge in [0.15, 0.2) is 5.78 Å². The molecule has 0 aliphatic rings. The van der Waals surface area contributed by atoms with E-state index in [1.54, 1.807) is 24.4 Å². The van der Waals surface area contributed by atoms with Gasteiger partial charge in [-0.05, 0) is 25.6 Å². The number of ketones is 1. The summed E-state index contributed by atoms with van der Waals surface area (Å²) < 4.78 is 0. The van der Waals surface area contributed by atoms with Crippen LogP contribution in [0.1, 0.15) is 13.8 Å². The molecule has 1 heterocycles. The van der Waals surface area contributed by atoms with E-state index in [1.807, 2.05) is 18.2 Å². The van der Waals surface area contributed by atoms with Gasteiger partial charge >= 0.3 is 0 Å². The normalized spacial score (nSPS) is 9.59. The van der Waals surface area contributed by atoms with Gasteiger partial charge in [-0.15, -0.1) is 23.8 Å². The molecule has 0 spiro atoms. The molecule has 2 rings (SSSR count). The summed E-state index contributed by atoms with van der Waals surface area (Å²) in [4.78, 5) is 17.6. The molecule has 1 aromatic heterocycles. The fourth-order valence-electron chi connectivity index (χ4n) is 1.49. The Morgan fingerprint density at radius 3 is 2.55 bits per heavy atom. The van der Waals surface area contributed by atoms with Crippen LogP contribution in [0.4, 0.5) is 5.69 Å². The average Bonchev–Trinajstić information content (AvgIpc) is 2.47. The maximum absolute atomic E-state index is 10.0. The maximum atomic E-state index is 10.0. The van der Waals surface area contributed by atoms with Crippen molar-refractivity contribution in [1.29, 1.82) is 0 Å². The third-order valence-corrected chi connectivity index (χ3v) is 2.27. The Balaban J connectivity index is 0.000000478. The summed E-state index contributed by atoms with van der Waals surface area (Å²) in [6.07, 6.45) is 2.90. The van der Waals surface area contributed by atoms with Crippen LogP contribution in [-0.2, 0) is 24.9 Å². The third-order valence-electron chi connectivity index (χ3n) is 2.27. The van der Waals surface area contributed by atoms with Crippen molar-refractivity contribution in [1.82, 2.24) is 4.98 Å². The Kier molecular flexibility index (Phi) is 9.36. The van der Waals surface area contributed by atoms with E-state index in [-0.39, 0.29) is 31.6 Å². The molecular formula is C17H15IrN2O2-.